The molecule has 0 unspecified atom stereocenters. The number of aliphatic hydroxyl groups is 1. The predicted octanol–water partition coefficient (Wildman–Crippen LogP) is -0.478. The number of hydrogen-bond acceptors (Lipinski definition) is 4. The lowest BCUT2D eigenvalue weighted by atomic mass is 10.2. The van der Waals surface area contributed by atoms with Crippen molar-refractivity contribution in [1.29, 1.82) is 0 Å². The fourth-order valence-corrected chi connectivity index (χ4v) is 1.73. The molecule has 7 nitrogen and oxygen atoms in total. The number of amides is 2. The molecule has 1 rings (SSSR count). The van der Waals surface area contributed by atoms with Gasteiger partial charge in [0.2, 0.25) is 0 Å². The molecule has 1 fully saturated rings. The van der Waals surface area contributed by atoms with E-state index in [0.717, 1.165) is 32.4 Å². The van der Waals surface area contributed by atoms with E-state index in [1.807, 2.05) is 0 Å². The topological polar surface area (TPSA) is 102 Å². The van der Waals surface area contributed by atoms with Gasteiger partial charge in [-0.3, -0.25) is 5.43 Å². The summed E-state index contributed by atoms with van der Waals surface area (Å²) in [6, 6.07) is -1.59. The third-order valence-electron chi connectivity index (χ3n) is 2.64. The van der Waals surface area contributed by atoms with Gasteiger partial charge in [-0.15, -0.1) is 0 Å². The lowest BCUT2D eigenvalue weighted by Crippen LogP contribution is -2.53. The van der Waals surface area contributed by atoms with Crippen LogP contribution in [0.4, 0.5) is 4.79 Å². The molecule has 17 heavy (non-hydrogen) atoms. The summed E-state index contributed by atoms with van der Waals surface area (Å²) in [5.41, 5.74) is 2.60. The first-order valence-electron chi connectivity index (χ1n) is 5.79. The van der Waals surface area contributed by atoms with Crippen molar-refractivity contribution in [2.24, 2.45) is 0 Å². The van der Waals surface area contributed by atoms with Crippen molar-refractivity contribution in [3.05, 3.63) is 0 Å². The molecule has 7 heteroatoms. The van der Waals surface area contributed by atoms with E-state index in [0.29, 0.717) is 0 Å². The second kappa shape index (κ2) is 7.08. The molecule has 1 aliphatic heterocycles. The molecule has 0 aromatic rings. The maximum atomic E-state index is 11.5. The number of nitrogens with one attached hydrogen (secondary N) is 2. The van der Waals surface area contributed by atoms with Crippen molar-refractivity contribution in [3.8, 4) is 0 Å². The number of carbonyl (C=O) groups excluding carboxylic acids is 1. The first kappa shape index (κ1) is 13.7. The molecule has 0 radical (unpaired) electrons. The summed E-state index contributed by atoms with van der Waals surface area (Å²) < 4.78 is 0. The lowest BCUT2D eigenvalue weighted by molar-refractivity contribution is -0.139. The van der Waals surface area contributed by atoms with Crippen molar-refractivity contribution >= 4 is 12.0 Å². The smallest absolute Gasteiger partial charge is 0.330 e. The highest BCUT2D eigenvalue weighted by atomic mass is 16.4. The summed E-state index contributed by atoms with van der Waals surface area (Å²) in [6.07, 6.45) is 3.21. The van der Waals surface area contributed by atoms with Gasteiger partial charge in [0.25, 0.3) is 0 Å². The van der Waals surface area contributed by atoms with E-state index >= 15 is 0 Å². The lowest BCUT2D eigenvalue weighted by Gasteiger charge is -2.27. The van der Waals surface area contributed by atoms with Crippen LogP contribution in [0.2, 0.25) is 0 Å². The fraction of sp³-hybridized carbons (Fsp3) is 0.800. The van der Waals surface area contributed by atoms with Gasteiger partial charge in [-0.25, -0.2) is 14.6 Å². The molecule has 0 saturated carbocycles. The van der Waals surface area contributed by atoms with Crippen LogP contribution in [0, 0.1) is 0 Å². The molecule has 1 aliphatic rings. The Balaban J connectivity index is 2.33. The summed E-state index contributed by atoms with van der Waals surface area (Å²) >= 11 is 0. The van der Waals surface area contributed by atoms with Gasteiger partial charge in [0.05, 0.1) is 0 Å². The van der Waals surface area contributed by atoms with E-state index in [4.69, 9.17) is 10.2 Å². The van der Waals surface area contributed by atoms with Crippen LogP contribution < -0.4 is 10.7 Å². The minimum absolute atomic E-state index is 0.00273. The molecule has 98 valence electrons. The summed E-state index contributed by atoms with van der Waals surface area (Å²) in [4.78, 5) is 22.2. The fourth-order valence-electron chi connectivity index (χ4n) is 1.73. The van der Waals surface area contributed by atoms with E-state index in [-0.39, 0.29) is 13.0 Å². The highest BCUT2D eigenvalue weighted by Crippen LogP contribution is 2.05. The second-order valence-electron chi connectivity index (χ2n) is 4.04. The van der Waals surface area contributed by atoms with Crippen LogP contribution in [0.15, 0.2) is 0 Å². The van der Waals surface area contributed by atoms with Crippen LogP contribution in [0.5, 0.6) is 0 Å². The number of nitrogens with zero attached hydrogens (tertiary/aromatic N) is 1. The zero-order chi connectivity index (χ0) is 12.7. The van der Waals surface area contributed by atoms with Crippen molar-refractivity contribution < 1.29 is 19.8 Å². The standard InChI is InChI=1S/C10H19N3O4/c14-7-4-8(9(15)16)11-10(17)12-13-5-2-1-3-6-13/h8,14H,1-7H2,(H,15,16)(H2,11,12,17)/t8-/m0/s1. The maximum absolute atomic E-state index is 11.5. The molecule has 0 spiro atoms. The first-order valence-corrected chi connectivity index (χ1v) is 5.79. The van der Waals surface area contributed by atoms with Crippen LogP contribution in [0.1, 0.15) is 25.7 Å². The Morgan fingerprint density at radius 1 is 1.24 bits per heavy atom. The Morgan fingerprint density at radius 2 is 1.88 bits per heavy atom. The summed E-state index contributed by atoms with van der Waals surface area (Å²) in [5, 5.41) is 21.6. The normalized spacial score (nSPS) is 18.4. The number of hydrogen-bond donors (Lipinski definition) is 4. The molecule has 2 amide bonds. The molecule has 1 atom stereocenters. The number of carboxylic acid groups (broad SMARTS) is 1. The van der Waals surface area contributed by atoms with E-state index in [9.17, 15) is 9.59 Å². The number of carboxylic acids is 1. The predicted molar refractivity (Wildman–Crippen MR) is 60.2 cm³/mol. The molecule has 4 N–H and O–H groups in total. The number of carbonyl (C=O) groups is 2. The van der Waals surface area contributed by atoms with Crippen molar-refractivity contribution in [1.82, 2.24) is 15.8 Å². The van der Waals surface area contributed by atoms with E-state index in [1.165, 1.54) is 0 Å². The average molecular weight is 245 g/mol. The summed E-state index contributed by atoms with van der Waals surface area (Å²) in [5.74, 6) is -1.15. The van der Waals surface area contributed by atoms with Gasteiger partial charge in [-0.1, -0.05) is 6.42 Å². The molecule has 0 aliphatic carbocycles. The van der Waals surface area contributed by atoms with Crippen LogP contribution in [-0.2, 0) is 4.79 Å². The van der Waals surface area contributed by atoms with Crippen molar-refractivity contribution in [2.75, 3.05) is 19.7 Å². The minimum atomic E-state index is -1.15. The molecular weight excluding hydrogens is 226 g/mol. The van der Waals surface area contributed by atoms with Crippen molar-refractivity contribution in [3.63, 3.8) is 0 Å². The Morgan fingerprint density at radius 3 is 2.41 bits per heavy atom. The number of piperidine rings is 1. The number of aliphatic carboxylic acids is 1. The SMILES string of the molecule is O=C(N[C@@H](CCO)C(=O)O)NN1CCCCC1. The van der Waals surface area contributed by atoms with Gasteiger partial charge >= 0.3 is 12.0 Å². The molecular formula is C10H19N3O4. The van der Waals surface area contributed by atoms with Gasteiger partial charge in [-0.05, 0) is 12.8 Å². The number of hydrazine groups is 1. The second-order valence-corrected chi connectivity index (χ2v) is 4.04. The maximum Gasteiger partial charge on any atom is 0.330 e. The van der Waals surface area contributed by atoms with Gasteiger partial charge < -0.3 is 15.5 Å². The van der Waals surface area contributed by atoms with E-state index in [2.05, 4.69) is 10.7 Å². The molecule has 0 aromatic carbocycles. The van der Waals surface area contributed by atoms with Gasteiger partial charge in [-0.2, -0.15) is 0 Å². The van der Waals surface area contributed by atoms with Crippen LogP contribution in [0.3, 0.4) is 0 Å². The van der Waals surface area contributed by atoms with Crippen molar-refractivity contribution in [2.45, 2.75) is 31.7 Å². The van der Waals surface area contributed by atoms with Gasteiger partial charge in [0.15, 0.2) is 0 Å². The third kappa shape index (κ3) is 5.01. The Hall–Kier alpha value is -1.34. The zero-order valence-electron chi connectivity index (χ0n) is 9.69. The van der Waals surface area contributed by atoms with Gasteiger partial charge in [0, 0.05) is 26.1 Å². The third-order valence-corrected chi connectivity index (χ3v) is 2.64. The Kier molecular flexibility index (Phi) is 5.71. The number of urea groups is 1. The number of aliphatic hydroxyl groups excluding tert-OH is 1. The summed E-state index contributed by atoms with van der Waals surface area (Å²) in [6.45, 7) is 1.29. The molecule has 0 aromatic heterocycles. The summed E-state index contributed by atoms with van der Waals surface area (Å²) in [7, 11) is 0. The van der Waals surface area contributed by atoms with E-state index < -0.39 is 18.0 Å². The van der Waals surface area contributed by atoms with Gasteiger partial charge in [0.1, 0.15) is 6.04 Å². The Labute approximate surface area is 99.8 Å². The minimum Gasteiger partial charge on any atom is -0.480 e. The largest absolute Gasteiger partial charge is 0.480 e. The first-order chi connectivity index (χ1) is 8.13. The average Bonchev–Trinajstić information content (AvgIpc) is 2.29. The highest BCUT2D eigenvalue weighted by Gasteiger charge is 2.20. The van der Waals surface area contributed by atoms with Crippen LogP contribution >= 0.6 is 0 Å². The Bertz CT molecular complexity index is 266. The highest BCUT2D eigenvalue weighted by molar-refractivity contribution is 5.82. The molecule has 0 bridgehead atoms. The van der Waals surface area contributed by atoms with E-state index in [1.54, 1.807) is 5.01 Å². The number of rotatable bonds is 5. The quantitative estimate of drug-likeness (QED) is 0.524. The van der Waals surface area contributed by atoms with Crippen LogP contribution in [-0.4, -0.2) is 53.0 Å². The monoisotopic (exact) mass is 245 g/mol. The van der Waals surface area contributed by atoms with Crippen LogP contribution in [0.25, 0.3) is 0 Å². The molecule has 1 saturated heterocycles. The zero-order valence-corrected chi connectivity index (χ0v) is 9.69. The molecule has 1 heterocycles.